The lowest BCUT2D eigenvalue weighted by Crippen LogP contribution is -2.20. The molecule has 0 unspecified atom stereocenters. The largest absolute Gasteiger partial charge is 0.479 e. The second kappa shape index (κ2) is 8.84. The standard InChI is InChI=1S/C18H18F4N4O3/c1-28-16-13(8-12(20)15(25-16)29-18(21)22)23-5-2-10-9-24-14-11(10)3-6-26(7-4-19)17(14)27/h3,6,8-9,18,23-24H,2,4-5,7H2,1H3. The first-order chi connectivity index (χ1) is 13.9. The molecule has 0 aromatic carbocycles. The van der Waals surface area contributed by atoms with Crippen molar-refractivity contribution < 1.29 is 27.0 Å². The summed E-state index contributed by atoms with van der Waals surface area (Å²) in [7, 11) is 1.26. The number of hydrogen-bond acceptors (Lipinski definition) is 5. The summed E-state index contributed by atoms with van der Waals surface area (Å²) in [6, 6.07) is 2.67. The molecular weight excluding hydrogens is 396 g/mol. The van der Waals surface area contributed by atoms with E-state index in [0.717, 1.165) is 11.6 Å². The van der Waals surface area contributed by atoms with Crippen LogP contribution in [0.4, 0.5) is 23.2 Å². The number of anilines is 1. The van der Waals surface area contributed by atoms with Gasteiger partial charge in [0.15, 0.2) is 5.82 Å². The van der Waals surface area contributed by atoms with Gasteiger partial charge < -0.3 is 24.3 Å². The minimum absolute atomic E-state index is 0.0195. The number of aromatic nitrogens is 3. The van der Waals surface area contributed by atoms with Gasteiger partial charge in [-0.05, 0) is 18.1 Å². The second-order valence-corrected chi connectivity index (χ2v) is 5.99. The van der Waals surface area contributed by atoms with Gasteiger partial charge in [-0.25, -0.2) is 8.78 Å². The number of fused-ring (bicyclic) bond motifs is 1. The molecule has 3 aromatic rings. The smallest absolute Gasteiger partial charge is 0.388 e. The van der Waals surface area contributed by atoms with Crippen LogP contribution in [0.25, 0.3) is 10.9 Å². The van der Waals surface area contributed by atoms with Gasteiger partial charge >= 0.3 is 6.61 Å². The predicted molar refractivity (Wildman–Crippen MR) is 98.1 cm³/mol. The molecule has 3 rings (SSSR count). The Morgan fingerprint density at radius 2 is 2.14 bits per heavy atom. The summed E-state index contributed by atoms with van der Waals surface area (Å²) in [6.07, 6.45) is 3.65. The molecule has 156 valence electrons. The Morgan fingerprint density at radius 3 is 2.83 bits per heavy atom. The van der Waals surface area contributed by atoms with Crippen LogP contribution in [0.2, 0.25) is 0 Å². The fourth-order valence-corrected chi connectivity index (χ4v) is 2.93. The van der Waals surface area contributed by atoms with Crippen molar-refractivity contribution in [2.24, 2.45) is 0 Å². The zero-order valence-electron chi connectivity index (χ0n) is 15.3. The van der Waals surface area contributed by atoms with E-state index < -0.39 is 25.0 Å². The molecule has 0 atom stereocenters. The van der Waals surface area contributed by atoms with Gasteiger partial charge in [0.25, 0.3) is 11.4 Å². The van der Waals surface area contributed by atoms with E-state index in [4.69, 9.17) is 4.74 Å². The third-order valence-corrected chi connectivity index (χ3v) is 4.24. The van der Waals surface area contributed by atoms with E-state index in [1.807, 2.05) is 0 Å². The van der Waals surface area contributed by atoms with Crippen LogP contribution in [0.5, 0.6) is 11.8 Å². The van der Waals surface area contributed by atoms with E-state index in [1.54, 1.807) is 12.3 Å². The lowest BCUT2D eigenvalue weighted by atomic mass is 10.1. The van der Waals surface area contributed by atoms with Gasteiger partial charge in [0, 0.05) is 30.4 Å². The number of aryl methyl sites for hydroxylation is 1. The number of nitrogens with one attached hydrogen (secondary N) is 2. The highest BCUT2D eigenvalue weighted by Crippen LogP contribution is 2.29. The van der Waals surface area contributed by atoms with Crippen LogP contribution in [0.3, 0.4) is 0 Å². The summed E-state index contributed by atoms with van der Waals surface area (Å²) in [5, 5.41) is 3.62. The summed E-state index contributed by atoms with van der Waals surface area (Å²) in [5.74, 6) is -2.02. The molecule has 0 amide bonds. The molecule has 0 aliphatic heterocycles. The van der Waals surface area contributed by atoms with Crippen molar-refractivity contribution in [3.05, 3.63) is 46.3 Å². The van der Waals surface area contributed by atoms with E-state index in [9.17, 15) is 22.4 Å². The minimum atomic E-state index is -3.21. The maximum atomic E-state index is 13.9. The number of nitrogens with zero attached hydrogens (tertiary/aromatic N) is 2. The van der Waals surface area contributed by atoms with Gasteiger partial charge in [0.1, 0.15) is 17.9 Å². The summed E-state index contributed by atoms with van der Waals surface area (Å²) in [6.45, 7) is -3.56. The minimum Gasteiger partial charge on any atom is -0.479 e. The molecule has 11 heteroatoms. The number of hydrogen-bond donors (Lipinski definition) is 2. The number of pyridine rings is 2. The number of aromatic amines is 1. The van der Waals surface area contributed by atoms with Crippen molar-refractivity contribution in [3.63, 3.8) is 0 Å². The van der Waals surface area contributed by atoms with Gasteiger partial charge in [0.2, 0.25) is 5.88 Å². The van der Waals surface area contributed by atoms with Gasteiger partial charge in [-0.3, -0.25) is 4.79 Å². The molecule has 29 heavy (non-hydrogen) atoms. The number of methoxy groups -OCH3 is 1. The van der Waals surface area contributed by atoms with E-state index in [0.29, 0.717) is 23.9 Å². The Hall–Kier alpha value is -3.24. The molecule has 2 N–H and O–H groups in total. The fraction of sp³-hybridized carbons (Fsp3) is 0.333. The molecular formula is C18H18F4N4O3. The molecule has 3 aromatic heterocycles. The average molecular weight is 414 g/mol. The summed E-state index contributed by atoms with van der Waals surface area (Å²) in [5.41, 5.74) is 1.04. The normalized spacial score (nSPS) is 11.2. The second-order valence-electron chi connectivity index (χ2n) is 5.99. The van der Waals surface area contributed by atoms with E-state index in [1.165, 1.54) is 17.9 Å². The van der Waals surface area contributed by atoms with Crippen LogP contribution in [-0.4, -0.2) is 41.5 Å². The first-order valence-electron chi connectivity index (χ1n) is 8.63. The molecule has 0 saturated heterocycles. The molecule has 0 aliphatic rings. The zero-order valence-corrected chi connectivity index (χ0v) is 15.3. The Bertz CT molecular complexity index is 1050. The number of alkyl halides is 3. The molecule has 0 aliphatic carbocycles. The predicted octanol–water partition coefficient (Wildman–Crippen LogP) is 3.10. The van der Waals surface area contributed by atoms with Crippen LogP contribution >= 0.6 is 0 Å². The molecule has 0 bridgehead atoms. The molecule has 0 spiro atoms. The number of H-pyrrole nitrogens is 1. The van der Waals surface area contributed by atoms with E-state index >= 15 is 0 Å². The highest BCUT2D eigenvalue weighted by atomic mass is 19.3. The van der Waals surface area contributed by atoms with Crippen LogP contribution < -0.4 is 20.3 Å². The maximum Gasteiger partial charge on any atom is 0.388 e. The van der Waals surface area contributed by atoms with Gasteiger partial charge in [-0.2, -0.15) is 13.8 Å². The molecule has 0 saturated carbocycles. The lowest BCUT2D eigenvalue weighted by Gasteiger charge is -2.12. The topological polar surface area (TPSA) is 81.2 Å². The zero-order chi connectivity index (χ0) is 21.0. The molecule has 0 fully saturated rings. The van der Waals surface area contributed by atoms with Crippen molar-refractivity contribution >= 4 is 16.6 Å². The summed E-state index contributed by atoms with van der Waals surface area (Å²) in [4.78, 5) is 18.8. The third-order valence-electron chi connectivity index (χ3n) is 4.24. The lowest BCUT2D eigenvalue weighted by molar-refractivity contribution is -0.0555. The quantitative estimate of drug-likeness (QED) is 0.526. The first-order valence-corrected chi connectivity index (χ1v) is 8.63. The van der Waals surface area contributed by atoms with Crippen LogP contribution in [0, 0.1) is 5.82 Å². The molecule has 7 nitrogen and oxygen atoms in total. The Labute approximate surface area is 162 Å². The van der Waals surface area contributed by atoms with Crippen LogP contribution in [-0.2, 0) is 13.0 Å². The maximum absolute atomic E-state index is 13.9. The summed E-state index contributed by atoms with van der Waals surface area (Å²) >= 11 is 0. The van der Waals surface area contributed by atoms with Crippen molar-refractivity contribution in [2.75, 3.05) is 25.6 Å². The fourth-order valence-electron chi connectivity index (χ4n) is 2.93. The third kappa shape index (κ3) is 4.44. The van der Waals surface area contributed by atoms with Gasteiger partial charge in [-0.15, -0.1) is 0 Å². The van der Waals surface area contributed by atoms with E-state index in [2.05, 4.69) is 20.0 Å². The monoisotopic (exact) mass is 414 g/mol. The number of halogens is 4. The number of ether oxygens (including phenoxy) is 2. The Morgan fingerprint density at radius 1 is 1.34 bits per heavy atom. The first kappa shape index (κ1) is 20.5. The highest BCUT2D eigenvalue weighted by Gasteiger charge is 2.17. The Balaban J connectivity index is 1.74. The van der Waals surface area contributed by atoms with Crippen molar-refractivity contribution in [2.45, 2.75) is 19.6 Å². The van der Waals surface area contributed by atoms with Crippen molar-refractivity contribution in [1.29, 1.82) is 0 Å². The van der Waals surface area contributed by atoms with Crippen molar-refractivity contribution in [1.82, 2.24) is 14.5 Å². The highest BCUT2D eigenvalue weighted by molar-refractivity contribution is 5.82. The molecule has 3 heterocycles. The summed E-state index contributed by atoms with van der Waals surface area (Å²) < 4.78 is 61.3. The van der Waals surface area contributed by atoms with Gasteiger partial charge in [-0.1, -0.05) is 0 Å². The molecule has 0 radical (unpaired) electrons. The van der Waals surface area contributed by atoms with Crippen LogP contribution in [0.15, 0.2) is 29.3 Å². The van der Waals surface area contributed by atoms with Crippen molar-refractivity contribution in [3.8, 4) is 11.8 Å². The van der Waals surface area contributed by atoms with E-state index in [-0.39, 0.29) is 23.7 Å². The van der Waals surface area contributed by atoms with Gasteiger partial charge in [0.05, 0.1) is 13.7 Å². The SMILES string of the molecule is COc1nc(OC(F)F)c(F)cc1NCCc1c[nH]c2c(=O)n(CCF)ccc12. The Kier molecular flexibility index (Phi) is 6.25. The number of rotatable bonds is 9. The average Bonchev–Trinajstić information content (AvgIpc) is 3.09. The van der Waals surface area contributed by atoms with Crippen LogP contribution in [0.1, 0.15) is 5.56 Å².